The summed E-state index contributed by atoms with van der Waals surface area (Å²) in [6.45, 7) is 0.917. The average Bonchev–Trinajstić information content (AvgIpc) is 2.81. The topological polar surface area (TPSA) is 87.4 Å². The standard InChI is InChI=1S/C21H17Cl2F3N6O2/c22-15-6-5-13(11-16(15)23)28-20-27-12-14(21(24,25)26)19(29-20)31-9-7-30(8-10-31)17-3-1-2-4-18(17)32(33)34/h1-6,11-12H,7-10H2,(H,27,28,29). The lowest BCUT2D eigenvalue weighted by molar-refractivity contribution is -0.384. The van der Waals surface area contributed by atoms with Crippen molar-refractivity contribution in [3.8, 4) is 0 Å². The molecule has 0 atom stereocenters. The van der Waals surface area contributed by atoms with E-state index in [9.17, 15) is 23.3 Å². The first-order chi connectivity index (χ1) is 16.1. The number of anilines is 4. The number of piperazine rings is 1. The maximum absolute atomic E-state index is 13.7. The fraction of sp³-hybridized carbons (Fsp3) is 0.238. The van der Waals surface area contributed by atoms with Crippen LogP contribution in [0.4, 0.5) is 42.0 Å². The van der Waals surface area contributed by atoms with Crippen molar-refractivity contribution in [2.24, 2.45) is 0 Å². The largest absolute Gasteiger partial charge is 0.421 e. The molecule has 1 fully saturated rings. The molecule has 0 unspecified atom stereocenters. The number of hydrogen-bond acceptors (Lipinski definition) is 7. The highest BCUT2D eigenvalue weighted by molar-refractivity contribution is 6.42. The zero-order chi connectivity index (χ0) is 24.5. The molecule has 0 aliphatic carbocycles. The van der Waals surface area contributed by atoms with Gasteiger partial charge in [-0.25, -0.2) is 4.98 Å². The van der Waals surface area contributed by atoms with Gasteiger partial charge >= 0.3 is 6.18 Å². The minimum Gasteiger partial charge on any atom is -0.362 e. The van der Waals surface area contributed by atoms with Gasteiger partial charge in [-0.05, 0) is 24.3 Å². The lowest BCUT2D eigenvalue weighted by Gasteiger charge is -2.37. The Bertz CT molecular complexity index is 1220. The second-order valence-electron chi connectivity index (χ2n) is 7.40. The van der Waals surface area contributed by atoms with Crippen LogP contribution in [0.15, 0.2) is 48.7 Å². The number of aromatic nitrogens is 2. The summed E-state index contributed by atoms with van der Waals surface area (Å²) in [4.78, 5) is 22.1. The van der Waals surface area contributed by atoms with Gasteiger partial charge in [0.15, 0.2) is 0 Å². The van der Waals surface area contributed by atoms with Gasteiger partial charge < -0.3 is 15.1 Å². The molecule has 4 rings (SSSR count). The number of nitro benzene ring substituents is 1. The zero-order valence-corrected chi connectivity index (χ0v) is 18.9. The van der Waals surface area contributed by atoms with Crippen molar-refractivity contribution in [3.05, 3.63) is 74.4 Å². The van der Waals surface area contributed by atoms with E-state index in [1.54, 1.807) is 35.2 Å². The van der Waals surface area contributed by atoms with Crippen LogP contribution in [-0.4, -0.2) is 41.1 Å². The molecule has 8 nitrogen and oxygen atoms in total. The van der Waals surface area contributed by atoms with E-state index < -0.39 is 16.7 Å². The number of nitro groups is 1. The number of alkyl halides is 3. The fourth-order valence-corrected chi connectivity index (χ4v) is 3.92. The number of hydrogen-bond donors (Lipinski definition) is 1. The first kappa shape index (κ1) is 23.8. The number of para-hydroxylation sites is 2. The Hall–Kier alpha value is -3.31. The van der Waals surface area contributed by atoms with Gasteiger partial charge in [0.25, 0.3) is 5.69 Å². The number of rotatable bonds is 5. The molecule has 2 aromatic carbocycles. The highest BCUT2D eigenvalue weighted by Crippen LogP contribution is 2.37. The normalized spacial score (nSPS) is 14.3. The predicted octanol–water partition coefficient (Wildman–Crippen LogP) is 5.78. The minimum atomic E-state index is -4.66. The number of benzene rings is 2. The molecule has 34 heavy (non-hydrogen) atoms. The van der Waals surface area contributed by atoms with Crippen molar-refractivity contribution in [3.63, 3.8) is 0 Å². The lowest BCUT2D eigenvalue weighted by Crippen LogP contribution is -2.47. The highest BCUT2D eigenvalue weighted by atomic mass is 35.5. The molecule has 1 N–H and O–H groups in total. The van der Waals surface area contributed by atoms with E-state index in [1.807, 2.05) is 0 Å². The van der Waals surface area contributed by atoms with Gasteiger partial charge in [-0.2, -0.15) is 18.2 Å². The van der Waals surface area contributed by atoms with Gasteiger partial charge in [-0.3, -0.25) is 10.1 Å². The van der Waals surface area contributed by atoms with Crippen LogP contribution in [0.3, 0.4) is 0 Å². The van der Waals surface area contributed by atoms with Crippen molar-refractivity contribution in [1.82, 2.24) is 9.97 Å². The van der Waals surface area contributed by atoms with Gasteiger partial charge in [-0.15, -0.1) is 0 Å². The van der Waals surface area contributed by atoms with Crippen molar-refractivity contribution in [1.29, 1.82) is 0 Å². The Morgan fingerprint density at radius 2 is 1.68 bits per heavy atom. The number of halogens is 5. The van der Waals surface area contributed by atoms with Crippen molar-refractivity contribution < 1.29 is 18.1 Å². The first-order valence-corrected chi connectivity index (χ1v) is 10.8. The molecule has 0 saturated carbocycles. The van der Waals surface area contributed by atoms with Crippen molar-refractivity contribution in [2.75, 3.05) is 41.3 Å². The summed E-state index contributed by atoms with van der Waals surface area (Å²) in [6, 6.07) is 10.9. The van der Waals surface area contributed by atoms with Gasteiger partial charge in [0.05, 0.1) is 15.0 Å². The summed E-state index contributed by atoms with van der Waals surface area (Å²) in [5.74, 6) is -0.310. The summed E-state index contributed by atoms with van der Waals surface area (Å²) >= 11 is 11.9. The van der Waals surface area contributed by atoms with Crippen LogP contribution in [0.5, 0.6) is 0 Å². The van der Waals surface area contributed by atoms with Gasteiger partial charge in [-0.1, -0.05) is 35.3 Å². The molecule has 1 aliphatic heterocycles. The summed E-state index contributed by atoms with van der Waals surface area (Å²) in [5.41, 5.74) is -0.137. The third kappa shape index (κ3) is 5.10. The molecule has 0 spiro atoms. The van der Waals surface area contributed by atoms with Gasteiger partial charge in [0, 0.05) is 44.1 Å². The summed E-state index contributed by atoms with van der Waals surface area (Å²) < 4.78 is 41.1. The van der Waals surface area contributed by atoms with Crippen LogP contribution in [0.25, 0.3) is 0 Å². The molecule has 0 amide bonds. The summed E-state index contributed by atoms with van der Waals surface area (Å²) in [5, 5.41) is 14.8. The molecular weight excluding hydrogens is 496 g/mol. The van der Waals surface area contributed by atoms with Crippen LogP contribution in [0.1, 0.15) is 5.56 Å². The molecule has 13 heteroatoms. The maximum atomic E-state index is 13.7. The Morgan fingerprint density at radius 3 is 2.32 bits per heavy atom. The Labute approximate surface area is 202 Å². The van der Waals surface area contributed by atoms with Gasteiger partial charge in [0.2, 0.25) is 5.95 Å². The van der Waals surface area contributed by atoms with Crippen LogP contribution in [0.2, 0.25) is 10.0 Å². The first-order valence-electron chi connectivity index (χ1n) is 10.0. The molecule has 0 bridgehead atoms. The molecule has 2 heterocycles. The minimum absolute atomic E-state index is 0.0393. The maximum Gasteiger partial charge on any atom is 0.421 e. The van der Waals surface area contributed by atoms with E-state index in [4.69, 9.17) is 23.2 Å². The van der Waals surface area contributed by atoms with E-state index in [2.05, 4.69) is 15.3 Å². The van der Waals surface area contributed by atoms with Crippen molar-refractivity contribution in [2.45, 2.75) is 6.18 Å². The van der Waals surface area contributed by atoms with Crippen LogP contribution < -0.4 is 15.1 Å². The van der Waals surface area contributed by atoms with E-state index in [0.29, 0.717) is 16.4 Å². The molecule has 1 aliphatic rings. The third-order valence-corrected chi connectivity index (χ3v) is 5.99. The quantitative estimate of drug-likeness (QED) is 0.342. The Balaban J connectivity index is 1.58. The molecule has 3 aromatic rings. The summed E-state index contributed by atoms with van der Waals surface area (Å²) in [7, 11) is 0. The van der Waals surface area contributed by atoms with E-state index >= 15 is 0 Å². The molecule has 0 radical (unpaired) electrons. The van der Waals surface area contributed by atoms with E-state index in [-0.39, 0.29) is 48.7 Å². The predicted molar refractivity (Wildman–Crippen MR) is 124 cm³/mol. The monoisotopic (exact) mass is 512 g/mol. The summed E-state index contributed by atoms with van der Waals surface area (Å²) in [6.07, 6.45) is -3.93. The zero-order valence-electron chi connectivity index (χ0n) is 17.4. The third-order valence-electron chi connectivity index (χ3n) is 5.25. The Kier molecular flexibility index (Phi) is 6.67. The lowest BCUT2D eigenvalue weighted by atomic mass is 10.2. The van der Waals surface area contributed by atoms with Gasteiger partial charge in [0.1, 0.15) is 17.1 Å². The SMILES string of the molecule is O=[N+]([O-])c1ccccc1N1CCN(c2nc(Nc3ccc(Cl)c(Cl)c3)ncc2C(F)(F)F)CC1. The fourth-order valence-electron chi connectivity index (χ4n) is 3.62. The highest BCUT2D eigenvalue weighted by Gasteiger charge is 2.37. The smallest absolute Gasteiger partial charge is 0.362 e. The van der Waals surface area contributed by atoms with Crippen LogP contribution in [-0.2, 0) is 6.18 Å². The van der Waals surface area contributed by atoms with Crippen LogP contribution >= 0.6 is 23.2 Å². The average molecular weight is 513 g/mol. The Morgan fingerprint density at radius 1 is 1.00 bits per heavy atom. The molecule has 1 aromatic heterocycles. The molecular formula is C21H17Cl2F3N6O2. The van der Waals surface area contributed by atoms with Crippen LogP contribution in [0, 0.1) is 10.1 Å². The second-order valence-corrected chi connectivity index (χ2v) is 8.22. The second kappa shape index (κ2) is 9.51. The van der Waals surface area contributed by atoms with Crippen molar-refractivity contribution >= 4 is 52.0 Å². The molecule has 1 saturated heterocycles. The molecule has 178 valence electrons. The van der Waals surface area contributed by atoms with E-state index in [0.717, 1.165) is 6.20 Å². The number of nitrogens with one attached hydrogen (secondary N) is 1. The van der Waals surface area contributed by atoms with E-state index in [1.165, 1.54) is 17.0 Å². The number of nitrogens with zero attached hydrogens (tertiary/aromatic N) is 5.